The molecule has 2 aromatic carbocycles. The minimum absolute atomic E-state index is 0.00704. The van der Waals surface area contributed by atoms with E-state index in [1.807, 2.05) is 6.92 Å². The zero-order chi connectivity index (χ0) is 17.3. The van der Waals surface area contributed by atoms with Gasteiger partial charge >= 0.3 is 0 Å². The lowest BCUT2D eigenvalue weighted by Gasteiger charge is -2.07. The first-order valence-electron chi connectivity index (χ1n) is 7.17. The molecule has 0 unspecified atom stereocenters. The van der Waals surface area contributed by atoms with Crippen LogP contribution in [0.5, 0.6) is 0 Å². The third kappa shape index (κ3) is 3.26. The number of hydrogen-bond donors (Lipinski definition) is 2. The number of benzene rings is 2. The third-order valence-corrected chi connectivity index (χ3v) is 3.82. The molecule has 0 aliphatic rings. The second kappa shape index (κ2) is 6.37. The Morgan fingerprint density at radius 3 is 2.67 bits per heavy atom. The Hall–Kier alpha value is -2.79. The Bertz CT molecular complexity index is 921. The molecule has 0 aliphatic carbocycles. The lowest BCUT2D eigenvalue weighted by molar-refractivity contribution is 0.0997. The fourth-order valence-electron chi connectivity index (χ4n) is 2.28. The molecule has 3 aromatic rings. The molecule has 24 heavy (non-hydrogen) atoms. The van der Waals surface area contributed by atoms with Crippen molar-refractivity contribution in [3.63, 3.8) is 0 Å². The highest BCUT2D eigenvalue weighted by atomic mass is 35.5. The number of nitrogen functional groups attached to an aromatic ring is 1. The maximum absolute atomic E-state index is 13.2. The average molecular weight is 345 g/mol. The van der Waals surface area contributed by atoms with Gasteiger partial charge in [-0.25, -0.2) is 4.39 Å². The summed E-state index contributed by atoms with van der Waals surface area (Å²) in [5.41, 5.74) is 8.40. The SMILES string of the molecule is Cc1cc(N)ccc1NC(=O)c1ccc(-c2ccc(F)c(Cl)c2)o1. The van der Waals surface area contributed by atoms with Crippen molar-refractivity contribution in [2.45, 2.75) is 6.92 Å². The predicted octanol–water partition coefficient (Wildman–Crippen LogP) is 4.88. The first kappa shape index (κ1) is 16.1. The molecule has 4 nitrogen and oxygen atoms in total. The van der Waals surface area contributed by atoms with Crippen LogP contribution in [-0.4, -0.2) is 5.91 Å². The van der Waals surface area contributed by atoms with Crippen molar-refractivity contribution in [2.75, 3.05) is 11.1 Å². The molecule has 0 saturated carbocycles. The van der Waals surface area contributed by atoms with E-state index >= 15 is 0 Å². The normalized spacial score (nSPS) is 10.6. The molecular formula is C18H14ClFN2O2. The Morgan fingerprint density at radius 2 is 1.96 bits per heavy atom. The van der Waals surface area contributed by atoms with Crippen LogP contribution < -0.4 is 11.1 Å². The summed E-state index contributed by atoms with van der Waals surface area (Å²) in [4.78, 5) is 12.3. The molecule has 1 amide bonds. The number of aryl methyl sites for hydroxylation is 1. The van der Waals surface area contributed by atoms with Crippen LogP contribution in [0.1, 0.15) is 16.1 Å². The molecule has 0 radical (unpaired) electrons. The number of halogens is 2. The van der Waals surface area contributed by atoms with Gasteiger partial charge in [0.2, 0.25) is 0 Å². The summed E-state index contributed by atoms with van der Waals surface area (Å²) in [6.07, 6.45) is 0. The summed E-state index contributed by atoms with van der Waals surface area (Å²) in [5, 5.41) is 2.76. The van der Waals surface area contributed by atoms with Crippen LogP contribution in [0.3, 0.4) is 0 Å². The van der Waals surface area contributed by atoms with Crippen LogP contribution in [0.15, 0.2) is 52.9 Å². The molecule has 0 bridgehead atoms. The van der Waals surface area contributed by atoms with Crippen LogP contribution >= 0.6 is 11.6 Å². The van der Waals surface area contributed by atoms with E-state index < -0.39 is 5.82 Å². The van der Waals surface area contributed by atoms with E-state index in [-0.39, 0.29) is 16.7 Å². The van der Waals surface area contributed by atoms with Gasteiger partial charge in [-0.2, -0.15) is 0 Å². The minimum Gasteiger partial charge on any atom is -0.451 e. The van der Waals surface area contributed by atoms with Gasteiger partial charge in [0, 0.05) is 16.9 Å². The number of nitrogens with one attached hydrogen (secondary N) is 1. The van der Waals surface area contributed by atoms with E-state index in [1.165, 1.54) is 18.2 Å². The lowest BCUT2D eigenvalue weighted by Crippen LogP contribution is -2.11. The summed E-state index contributed by atoms with van der Waals surface area (Å²) >= 11 is 5.76. The van der Waals surface area contributed by atoms with Crippen LogP contribution in [0.25, 0.3) is 11.3 Å². The molecule has 0 fully saturated rings. The number of rotatable bonds is 3. The van der Waals surface area contributed by atoms with Crippen LogP contribution in [-0.2, 0) is 0 Å². The number of nitrogens with two attached hydrogens (primary N) is 1. The number of hydrogen-bond acceptors (Lipinski definition) is 3. The molecular weight excluding hydrogens is 331 g/mol. The van der Waals surface area contributed by atoms with Crippen molar-refractivity contribution in [3.05, 3.63) is 70.7 Å². The monoisotopic (exact) mass is 344 g/mol. The second-order valence-corrected chi connectivity index (χ2v) is 5.73. The summed E-state index contributed by atoms with van der Waals surface area (Å²) in [6, 6.07) is 12.6. The van der Waals surface area contributed by atoms with Crippen LogP contribution in [0, 0.1) is 12.7 Å². The lowest BCUT2D eigenvalue weighted by atomic mass is 10.1. The fourth-order valence-corrected chi connectivity index (χ4v) is 2.46. The summed E-state index contributed by atoms with van der Waals surface area (Å²) in [6.45, 7) is 1.85. The van der Waals surface area contributed by atoms with Crippen molar-refractivity contribution in [1.29, 1.82) is 0 Å². The average Bonchev–Trinajstić information content (AvgIpc) is 3.03. The molecule has 0 atom stereocenters. The maximum Gasteiger partial charge on any atom is 0.291 e. The summed E-state index contributed by atoms with van der Waals surface area (Å²) in [5.74, 6) is -0.330. The fraction of sp³-hybridized carbons (Fsp3) is 0.0556. The highest BCUT2D eigenvalue weighted by Gasteiger charge is 2.14. The van der Waals surface area contributed by atoms with E-state index in [1.54, 1.807) is 30.3 Å². The van der Waals surface area contributed by atoms with Crippen molar-refractivity contribution < 1.29 is 13.6 Å². The van der Waals surface area contributed by atoms with E-state index in [0.717, 1.165) is 5.56 Å². The largest absolute Gasteiger partial charge is 0.451 e. The molecule has 0 spiro atoms. The van der Waals surface area contributed by atoms with Gasteiger partial charge in [0.05, 0.1) is 5.02 Å². The topological polar surface area (TPSA) is 68.3 Å². The Morgan fingerprint density at radius 1 is 1.17 bits per heavy atom. The number of carbonyl (C=O) groups excluding carboxylic acids is 1. The predicted molar refractivity (Wildman–Crippen MR) is 92.7 cm³/mol. The molecule has 1 heterocycles. The van der Waals surface area contributed by atoms with Crippen LogP contribution in [0.2, 0.25) is 5.02 Å². The van der Waals surface area contributed by atoms with Crippen molar-refractivity contribution in [3.8, 4) is 11.3 Å². The van der Waals surface area contributed by atoms with Crippen molar-refractivity contribution in [2.24, 2.45) is 0 Å². The van der Waals surface area contributed by atoms with Gasteiger partial charge in [-0.05, 0) is 61.0 Å². The van der Waals surface area contributed by atoms with Gasteiger partial charge in [0.15, 0.2) is 5.76 Å². The first-order chi connectivity index (χ1) is 11.4. The molecule has 0 aliphatic heterocycles. The van der Waals surface area contributed by atoms with E-state index in [9.17, 15) is 9.18 Å². The van der Waals surface area contributed by atoms with E-state index in [0.29, 0.717) is 22.7 Å². The van der Waals surface area contributed by atoms with Gasteiger partial charge in [0.1, 0.15) is 11.6 Å². The van der Waals surface area contributed by atoms with Crippen molar-refractivity contribution >= 4 is 28.9 Å². The number of anilines is 2. The zero-order valence-electron chi connectivity index (χ0n) is 12.8. The molecule has 3 N–H and O–H groups in total. The third-order valence-electron chi connectivity index (χ3n) is 3.53. The maximum atomic E-state index is 13.2. The van der Waals surface area contributed by atoms with Gasteiger partial charge in [0.25, 0.3) is 5.91 Å². The number of amides is 1. The second-order valence-electron chi connectivity index (χ2n) is 5.32. The standard InChI is InChI=1S/C18H14ClFN2O2/c1-10-8-12(21)3-5-15(10)22-18(23)17-7-6-16(24-17)11-2-4-14(20)13(19)9-11/h2-9H,21H2,1H3,(H,22,23). The Balaban J connectivity index is 1.82. The number of carbonyl (C=O) groups is 1. The molecule has 0 saturated heterocycles. The Labute approximate surface area is 143 Å². The smallest absolute Gasteiger partial charge is 0.291 e. The van der Waals surface area contributed by atoms with E-state index in [2.05, 4.69) is 5.32 Å². The molecule has 3 rings (SSSR count). The molecule has 6 heteroatoms. The van der Waals surface area contributed by atoms with Gasteiger partial charge in [-0.3, -0.25) is 4.79 Å². The molecule has 1 aromatic heterocycles. The van der Waals surface area contributed by atoms with Crippen LogP contribution in [0.4, 0.5) is 15.8 Å². The summed E-state index contributed by atoms with van der Waals surface area (Å²) < 4.78 is 18.8. The first-order valence-corrected chi connectivity index (χ1v) is 7.54. The number of furan rings is 1. The molecule has 122 valence electrons. The van der Waals surface area contributed by atoms with Gasteiger partial charge < -0.3 is 15.5 Å². The highest BCUT2D eigenvalue weighted by molar-refractivity contribution is 6.31. The van der Waals surface area contributed by atoms with Crippen molar-refractivity contribution in [1.82, 2.24) is 0 Å². The van der Waals surface area contributed by atoms with E-state index in [4.69, 9.17) is 21.8 Å². The summed E-state index contributed by atoms with van der Waals surface area (Å²) in [7, 11) is 0. The highest BCUT2D eigenvalue weighted by Crippen LogP contribution is 2.27. The zero-order valence-corrected chi connectivity index (χ0v) is 13.5. The minimum atomic E-state index is -0.510. The van der Waals surface area contributed by atoms with Gasteiger partial charge in [-0.15, -0.1) is 0 Å². The quantitative estimate of drug-likeness (QED) is 0.665. The Kier molecular flexibility index (Phi) is 4.27. The van der Waals surface area contributed by atoms with Gasteiger partial charge in [-0.1, -0.05) is 11.6 Å².